The Morgan fingerprint density at radius 3 is 2.75 bits per heavy atom. The molecule has 0 spiro atoms. The highest BCUT2D eigenvalue weighted by Gasteiger charge is 2.26. The van der Waals surface area contributed by atoms with Crippen LogP contribution < -0.4 is 5.69 Å². The third-order valence-corrected chi connectivity index (χ3v) is 6.83. The molecule has 146 valence electrons. The van der Waals surface area contributed by atoms with Gasteiger partial charge in [0.15, 0.2) is 0 Å². The van der Waals surface area contributed by atoms with Gasteiger partial charge in [-0.05, 0) is 54.7 Å². The van der Waals surface area contributed by atoms with E-state index < -0.39 is 0 Å². The lowest BCUT2D eigenvalue weighted by molar-refractivity contribution is 0.0686. The van der Waals surface area contributed by atoms with Crippen molar-refractivity contribution in [3.8, 4) is 5.00 Å². The molecule has 3 heterocycles. The number of carbonyl (C=O) groups is 1. The molecule has 0 unspecified atom stereocenters. The van der Waals surface area contributed by atoms with Crippen LogP contribution in [-0.4, -0.2) is 44.9 Å². The van der Waals surface area contributed by atoms with Crippen molar-refractivity contribution in [2.75, 3.05) is 19.3 Å². The largest absolute Gasteiger partial charge is 0.348 e. The molecule has 0 bridgehead atoms. The summed E-state index contributed by atoms with van der Waals surface area (Å²) in [5.74, 6) is 1.29. The highest BCUT2D eigenvalue weighted by Crippen LogP contribution is 2.26. The first-order valence-electron chi connectivity index (χ1n) is 9.30. The lowest BCUT2D eigenvalue weighted by Gasteiger charge is -2.32. The molecule has 3 aromatic rings. The number of hydrogen-bond donors (Lipinski definition) is 1. The number of carbonyl (C=O) groups excluding carboxylic acids is 1. The second-order valence-electron chi connectivity index (χ2n) is 6.87. The zero-order valence-corrected chi connectivity index (χ0v) is 17.3. The van der Waals surface area contributed by atoms with Crippen LogP contribution >= 0.6 is 23.1 Å². The van der Waals surface area contributed by atoms with Crippen LogP contribution in [0.1, 0.15) is 29.0 Å². The standard InChI is InChI=1S/C20H22N4O2S2/c1-27-16-6-3-2-5-15(16)19(25)23-10-8-14(9-11-23)13-17-21-22-20(26)24(17)18-7-4-12-28-18/h2-7,12,14H,8-11,13H2,1H3,(H,22,26). The summed E-state index contributed by atoms with van der Waals surface area (Å²) in [4.78, 5) is 28.0. The molecule has 1 amide bonds. The van der Waals surface area contributed by atoms with Crippen LogP contribution in [0.5, 0.6) is 0 Å². The number of aromatic nitrogens is 3. The molecule has 1 aromatic carbocycles. The van der Waals surface area contributed by atoms with Crippen LogP contribution in [0.15, 0.2) is 51.5 Å². The molecule has 1 saturated heterocycles. The molecule has 8 heteroatoms. The van der Waals surface area contributed by atoms with Crippen molar-refractivity contribution in [1.29, 1.82) is 0 Å². The molecule has 6 nitrogen and oxygen atoms in total. The molecule has 0 saturated carbocycles. The van der Waals surface area contributed by atoms with Crippen molar-refractivity contribution in [2.24, 2.45) is 5.92 Å². The van der Waals surface area contributed by atoms with Gasteiger partial charge in [-0.1, -0.05) is 12.1 Å². The van der Waals surface area contributed by atoms with Crippen LogP contribution in [0.2, 0.25) is 0 Å². The van der Waals surface area contributed by atoms with Gasteiger partial charge in [0, 0.05) is 24.4 Å². The van der Waals surface area contributed by atoms with Crippen molar-refractivity contribution < 1.29 is 4.79 Å². The average molecular weight is 415 g/mol. The fourth-order valence-corrected chi connectivity index (χ4v) is 5.02. The van der Waals surface area contributed by atoms with Gasteiger partial charge in [-0.3, -0.25) is 4.79 Å². The molecular weight excluding hydrogens is 392 g/mol. The Morgan fingerprint density at radius 2 is 2.04 bits per heavy atom. The van der Waals surface area contributed by atoms with E-state index in [1.165, 1.54) is 11.3 Å². The van der Waals surface area contributed by atoms with Crippen LogP contribution in [0, 0.1) is 5.92 Å². The molecule has 2 aromatic heterocycles. The first-order valence-corrected chi connectivity index (χ1v) is 11.4. The molecular formula is C20H22N4O2S2. The third kappa shape index (κ3) is 3.79. The van der Waals surface area contributed by atoms with Gasteiger partial charge < -0.3 is 4.90 Å². The molecule has 1 aliphatic rings. The molecule has 1 N–H and O–H groups in total. The van der Waals surface area contributed by atoms with Crippen molar-refractivity contribution in [3.05, 3.63) is 63.7 Å². The van der Waals surface area contributed by atoms with Crippen molar-refractivity contribution >= 4 is 29.0 Å². The Hall–Kier alpha value is -2.32. The van der Waals surface area contributed by atoms with Crippen LogP contribution in [-0.2, 0) is 6.42 Å². The lowest BCUT2D eigenvalue weighted by atomic mass is 9.93. The van der Waals surface area contributed by atoms with Crippen molar-refractivity contribution in [3.63, 3.8) is 0 Å². The Labute approximate surface area is 171 Å². The molecule has 1 aliphatic heterocycles. The molecule has 0 radical (unpaired) electrons. The van der Waals surface area contributed by atoms with Crippen LogP contribution in [0.25, 0.3) is 5.00 Å². The summed E-state index contributed by atoms with van der Waals surface area (Å²) in [5.41, 5.74) is 0.589. The van der Waals surface area contributed by atoms with E-state index in [-0.39, 0.29) is 11.6 Å². The lowest BCUT2D eigenvalue weighted by Crippen LogP contribution is -2.39. The van der Waals surface area contributed by atoms with Crippen molar-refractivity contribution in [1.82, 2.24) is 19.7 Å². The molecule has 1 fully saturated rings. The number of benzene rings is 1. The number of nitrogens with one attached hydrogen (secondary N) is 1. The second-order valence-corrected chi connectivity index (χ2v) is 8.65. The maximum Gasteiger partial charge on any atom is 0.348 e. The summed E-state index contributed by atoms with van der Waals surface area (Å²) in [6, 6.07) is 11.6. The van der Waals surface area contributed by atoms with E-state index in [2.05, 4.69) is 10.2 Å². The number of H-pyrrole nitrogens is 1. The van der Waals surface area contributed by atoms with E-state index >= 15 is 0 Å². The van der Waals surface area contributed by atoms with E-state index in [9.17, 15) is 9.59 Å². The summed E-state index contributed by atoms with van der Waals surface area (Å²) < 4.78 is 1.66. The number of hydrogen-bond acceptors (Lipinski definition) is 5. The number of thiophene rings is 1. The maximum atomic E-state index is 12.9. The monoisotopic (exact) mass is 414 g/mol. The predicted octanol–water partition coefficient (Wildman–Crippen LogP) is 3.44. The second kappa shape index (κ2) is 8.36. The van der Waals surface area contributed by atoms with E-state index in [1.54, 1.807) is 16.3 Å². The zero-order valence-electron chi connectivity index (χ0n) is 15.6. The number of rotatable bonds is 5. The van der Waals surface area contributed by atoms with E-state index in [1.807, 2.05) is 52.9 Å². The minimum absolute atomic E-state index is 0.110. The van der Waals surface area contributed by atoms with E-state index in [0.29, 0.717) is 5.92 Å². The minimum Gasteiger partial charge on any atom is -0.339 e. The summed E-state index contributed by atoms with van der Waals surface area (Å²) in [5, 5.41) is 9.65. The smallest absolute Gasteiger partial charge is 0.339 e. The van der Waals surface area contributed by atoms with Gasteiger partial charge in [-0.2, -0.15) is 5.10 Å². The third-order valence-electron chi connectivity index (χ3n) is 5.18. The average Bonchev–Trinajstić information content (AvgIpc) is 3.37. The van der Waals surface area contributed by atoms with E-state index in [0.717, 1.165) is 53.6 Å². The minimum atomic E-state index is -0.196. The van der Waals surface area contributed by atoms with Gasteiger partial charge >= 0.3 is 5.69 Å². The maximum absolute atomic E-state index is 12.9. The number of piperidine rings is 1. The molecule has 0 aliphatic carbocycles. The topological polar surface area (TPSA) is 71.0 Å². The van der Waals surface area contributed by atoms with E-state index in [4.69, 9.17) is 0 Å². The highest BCUT2D eigenvalue weighted by atomic mass is 32.2. The van der Waals surface area contributed by atoms with Gasteiger partial charge in [0.1, 0.15) is 10.8 Å². The van der Waals surface area contributed by atoms with Crippen LogP contribution in [0.3, 0.4) is 0 Å². The first kappa shape index (κ1) is 19.0. The van der Waals surface area contributed by atoms with Crippen molar-refractivity contribution in [2.45, 2.75) is 24.2 Å². The van der Waals surface area contributed by atoms with Gasteiger partial charge in [0.05, 0.1) is 5.56 Å². The normalized spacial score (nSPS) is 15.1. The summed E-state index contributed by atoms with van der Waals surface area (Å²) in [6.45, 7) is 1.47. The summed E-state index contributed by atoms with van der Waals surface area (Å²) in [7, 11) is 0. The van der Waals surface area contributed by atoms with Gasteiger partial charge in [0.25, 0.3) is 5.91 Å². The summed E-state index contributed by atoms with van der Waals surface area (Å²) in [6.07, 6.45) is 4.56. The number of nitrogens with zero attached hydrogens (tertiary/aromatic N) is 3. The van der Waals surface area contributed by atoms with Gasteiger partial charge in [-0.25, -0.2) is 14.5 Å². The van der Waals surface area contributed by atoms with Gasteiger partial charge in [0.2, 0.25) is 0 Å². The number of aromatic amines is 1. The Kier molecular flexibility index (Phi) is 5.68. The fourth-order valence-electron chi connectivity index (χ4n) is 3.68. The van der Waals surface area contributed by atoms with Crippen LogP contribution in [0.4, 0.5) is 0 Å². The molecule has 28 heavy (non-hydrogen) atoms. The Morgan fingerprint density at radius 1 is 1.25 bits per heavy atom. The predicted molar refractivity (Wildman–Crippen MR) is 113 cm³/mol. The summed E-state index contributed by atoms with van der Waals surface area (Å²) >= 11 is 3.13. The highest BCUT2D eigenvalue weighted by molar-refractivity contribution is 7.98. The molecule has 4 rings (SSSR count). The SMILES string of the molecule is CSc1ccccc1C(=O)N1CCC(Cc2n[nH]c(=O)n2-c2cccs2)CC1. The first-order chi connectivity index (χ1) is 13.7. The Balaban J connectivity index is 1.42. The zero-order chi connectivity index (χ0) is 19.5. The van der Waals surface area contributed by atoms with Gasteiger partial charge in [-0.15, -0.1) is 23.1 Å². The number of thioether (sulfide) groups is 1. The Bertz CT molecular complexity index is 1000. The number of likely N-dealkylation sites (tertiary alicyclic amines) is 1. The fraction of sp³-hybridized carbons (Fsp3) is 0.350. The molecule has 0 atom stereocenters. The number of amides is 1. The quantitative estimate of drug-likeness (QED) is 0.649.